The van der Waals surface area contributed by atoms with Crippen LogP contribution in [0.1, 0.15) is 36.8 Å². The maximum atomic E-state index is 13.6. The highest BCUT2D eigenvalue weighted by molar-refractivity contribution is 5.90. The van der Waals surface area contributed by atoms with E-state index in [1.54, 1.807) is 0 Å². The summed E-state index contributed by atoms with van der Waals surface area (Å²) in [5, 5.41) is 6.26. The predicted molar refractivity (Wildman–Crippen MR) is 199 cm³/mol. The summed E-state index contributed by atoms with van der Waals surface area (Å²) in [5.74, 6) is 0.803. The summed E-state index contributed by atoms with van der Waals surface area (Å²) in [6, 6.07) is 36.1. The summed E-state index contributed by atoms with van der Waals surface area (Å²) in [7, 11) is 8.02. The van der Waals surface area contributed by atoms with Gasteiger partial charge >= 0.3 is 12.1 Å². The van der Waals surface area contributed by atoms with Crippen LogP contribution in [-0.4, -0.2) is 63.1 Å². The minimum atomic E-state index is -0.0806. The average Bonchev–Trinajstić information content (AvgIpc) is 3.10. The lowest BCUT2D eigenvalue weighted by Gasteiger charge is -2.35. The number of nitrogens with one attached hydrogen (secondary N) is 2. The van der Waals surface area contributed by atoms with E-state index in [0.717, 1.165) is 59.6 Å². The van der Waals surface area contributed by atoms with Crippen LogP contribution < -0.4 is 20.4 Å². The number of hydrogen-bond donors (Lipinski definition) is 2. The van der Waals surface area contributed by atoms with Gasteiger partial charge in [0, 0.05) is 77.1 Å². The fourth-order valence-corrected chi connectivity index (χ4v) is 6.36. The summed E-state index contributed by atoms with van der Waals surface area (Å²) in [5.41, 5.74) is 5.98. The quantitative estimate of drug-likeness (QED) is 0.162. The second-order valence-electron chi connectivity index (χ2n) is 13.4. The van der Waals surface area contributed by atoms with Crippen molar-refractivity contribution >= 4 is 34.8 Å². The van der Waals surface area contributed by atoms with Gasteiger partial charge in [0.1, 0.15) is 0 Å². The van der Waals surface area contributed by atoms with E-state index < -0.39 is 0 Å². The lowest BCUT2D eigenvalue weighted by molar-refractivity contribution is 0.156. The molecule has 1 saturated carbocycles. The molecule has 4 aromatic carbocycles. The monoisotopic (exact) mass is 646 g/mol. The zero-order valence-corrected chi connectivity index (χ0v) is 28.8. The molecule has 1 aliphatic carbocycles. The van der Waals surface area contributed by atoms with Crippen molar-refractivity contribution in [1.82, 2.24) is 9.80 Å². The molecule has 0 bridgehead atoms. The highest BCUT2D eigenvalue weighted by Crippen LogP contribution is 2.31. The van der Waals surface area contributed by atoms with E-state index in [-0.39, 0.29) is 12.1 Å². The number of urea groups is 2. The van der Waals surface area contributed by atoms with Gasteiger partial charge in [-0.1, -0.05) is 60.7 Å². The Balaban J connectivity index is 1.21. The molecule has 0 aromatic heterocycles. The molecule has 1 aliphatic rings. The van der Waals surface area contributed by atoms with Gasteiger partial charge in [-0.15, -0.1) is 0 Å². The number of carbonyl (C=O) groups excluding carboxylic acids is 2. The molecule has 0 atom stereocenters. The van der Waals surface area contributed by atoms with E-state index in [4.69, 9.17) is 0 Å². The number of rotatable bonds is 12. The molecule has 4 amide bonds. The van der Waals surface area contributed by atoms with Gasteiger partial charge < -0.3 is 30.2 Å². The van der Waals surface area contributed by atoms with E-state index in [9.17, 15) is 9.59 Å². The van der Waals surface area contributed by atoms with Gasteiger partial charge in [0.05, 0.1) is 0 Å². The van der Waals surface area contributed by atoms with Crippen LogP contribution in [-0.2, 0) is 13.1 Å². The van der Waals surface area contributed by atoms with Crippen LogP contribution in [0.15, 0.2) is 109 Å². The Morgan fingerprint density at radius 2 is 0.854 bits per heavy atom. The van der Waals surface area contributed by atoms with Crippen molar-refractivity contribution in [2.24, 2.45) is 11.8 Å². The normalized spacial score (nSPS) is 15.7. The van der Waals surface area contributed by atoms with Crippen molar-refractivity contribution in [3.63, 3.8) is 0 Å². The van der Waals surface area contributed by atoms with Crippen LogP contribution in [0.25, 0.3) is 0 Å². The number of amides is 4. The molecule has 0 aliphatic heterocycles. The van der Waals surface area contributed by atoms with Crippen LogP contribution in [0.2, 0.25) is 0 Å². The highest BCUT2D eigenvalue weighted by Gasteiger charge is 2.28. The molecule has 252 valence electrons. The minimum Gasteiger partial charge on any atom is -0.378 e. The Bertz CT molecular complexity index is 1450. The molecule has 2 N–H and O–H groups in total. The second kappa shape index (κ2) is 16.7. The number of anilines is 4. The first-order valence-corrected chi connectivity index (χ1v) is 17.0. The van der Waals surface area contributed by atoms with Crippen LogP contribution in [0.4, 0.5) is 32.3 Å². The van der Waals surface area contributed by atoms with Crippen molar-refractivity contribution in [2.75, 3.05) is 61.7 Å². The first-order chi connectivity index (χ1) is 23.2. The molecule has 1 fully saturated rings. The maximum absolute atomic E-state index is 13.6. The van der Waals surface area contributed by atoms with Crippen molar-refractivity contribution < 1.29 is 9.59 Å². The molecule has 5 rings (SSSR count). The zero-order valence-electron chi connectivity index (χ0n) is 28.8. The Hall–Kier alpha value is -4.98. The van der Waals surface area contributed by atoms with Crippen LogP contribution in [0, 0.1) is 11.8 Å². The first kappa shape index (κ1) is 34.4. The fourth-order valence-electron chi connectivity index (χ4n) is 6.36. The molecule has 0 unspecified atom stereocenters. The third kappa shape index (κ3) is 10.0. The number of benzene rings is 4. The van der Waals surface area contributed by atoms with Gasteiger partial charge in [0.2, 0.25) is 0 Å². The topological polar surface area (TPSA) is 71.2 Å². The molecule has 4 aromatic rings. The van der Waals surface area contributed by atoms with E-state index >= 15 is 0 Å². The SMILES string of the molecule is CN(C)c1ccc(NC(=O)N(Cc2ccccc2)CC2CCC(CN(Cc3ccccc3)C(=O)Nc3ccc(N(C)C)cc3)CC2)cc1. The Kier molecular flexibility index (Phi) is 12.0. The average molecular weight is 647 g/mol. The number of nitrogens with zero attached hydrogens (tertiary/aromatic N) is 4. The van der Waals surface area contributed by atoms with Crippen LogP contribution in [0.3, 0.4) is 0 Å². The van der Waals surface area contributed by atoms with Crippen LogP contribution >= 0.6 is 0 Å². The van der Waals surface area contributed by atoms with Crippen molar-refractivity contribution in [1.29, 1.82) is 0 Å². The minimum absolute atomic E-state index is 0.0806. The lowest BCUT2D eigenvalue weighted by Crippen LogP contribution is -2.41. The number of carbonyl (C=O) groups is 2. The van der Waals surface area contributed by atoms with E-state index in [1.807, 2.05) is 133 Å². The van der Waals surface area contributed by atoms with Gasteiger partial charge in [0.15, 0.2) is 0 Å². The van der Waals surface area contributed by atoms with Gasteiger partial charge in [-0.2, -0.15) is 0 Å². The third-order valence-electron chi connectivity index (χ3n) is 9.20. The maximum Gasteiger partial charge on any atom is 0.322 e. The van der Waals surface area contributed by atoms with Crippen molar-refractivity contribution in [3.05, 3.63) is 120 Å². The van der Waals surface area contributed by atoms with Crippen molar-refractivity contribution in [3.8, 4) is 0 Å². The predicted octanol–water partition coefficient (Wildman–Crippen LogP) is 8.39. The molecule has 48 heavy (non-hydrogen) atoms. The standard InChI is InChI=1S/C40H50N6O2/c1-43(2)37-23-19-35(20-24-37)41-39(47)45(27-31-11-7-5-8-12-31)29-33-15-17-34(18-16-33)30-46(28-32-13-9-6-10-14-32)40(48)42-36-21-25-38(26-22-36)44(3)4/h5-14,19-26,33-34H,15-18,27-30H2,1-4H3,(H,41,47)(H,42,48). The van der Waals surface area contributed by atoms with Gasteiger partial charge in [-0.25, -0.2) is 9.59 Å². The van der Waals surface area contributed by atoms with Crippen LogP contribution in [0.5, 0.6) is 0 Å². The molecule has 0 spiro atoms. The zero-order chi connectivity index (χ0) is 33.9. The van der Waals surface area contributed by atoms with Crippen molar-refractivity contribution in [2.45, 2.75) is 38.8 Å². The van der Waals surface area contributed by atoms with Gasteiger partial charge in [-0.3, -0.25) is 0 Å². The molecule has 8 heteroatoms. The summed E-state index contributed by atoms with van der Waals surface area (Å²) >= 11 is 0. The summed E-state index contributed by atoms with van der Waals surface area (Å²) in [6.45, 7) is 2.51. The summed E-state index contributed by atoms with van der Waals surface area (Å²) in [6.07, 6.45) is 4.09. The number of hydrogen-bond acceptors (Lipinski definition) is 4. The second-order valence-corrected chi connectivity index (χ2v) is 13.4. The fraction of sp³-hybridized carbons (Fsp3) is 0.350. The van der Waals surface area contributed by atoms with E-state index in [1.165, 1.54) is 0 Å². The Morgan fingerprint density at radius 3 is 1.17 bits per heavy atom. The van der Waals surface area contributed by atoms with E-state index in [2.05, 4.69) is 34.9 Å². The molecular weight excluding hydrogens is 596 g/mol. The van der Waals surface area contributed by atoms with Gasteiger partial charge in [-0.05, 0) is 97.2 Å². The first-order valence-electron chi connectivity index (χ1n) is 17.0. The van der Waals surface area contributed by atoms with Gasteiger partial charge in [0.25, 0.3) is 0 Å². The smallest absolute Gasteiger partial charge is 0.322 e. The Morgan fingerprint density at radius 1 is 0.521 bits per heavy atom. The lowest BCUT2D eigenvalue weighted by atomic mass is 9.81. The van der Waals surface area contributed by atoms with E-state index in [0.29, 0.717) is 38.0 Å². The molecule has 0 radical (unpaired) electrons. The summed E-state index contributed by atoms with van der Waals surface area (Å²) < 4.78 is 0. The highest BCUT2D eigenvalue weighted by atomic mass is 16.2. The molecule has 0 heterocycles. The third-order valence-corrected chi connectivity index (χ3v) is 9.20. The molecular formula is C40H50N6O2. The summed E-state index contributed by atoms with van der Waals surface area (Å²) in [4.78, 5) is 35.2. The molecule has 8 nitrogen and oxygen atoms in total. The molecule has 0 saturated heterocycles. The largest absolute Gasteiger partial charge is 0.378 e. The Labute approximate surface area is 286 Å².